The van der Waals surface area contributed by atoms with Crippen LogP contribution in [0.3, 0.4) is 0 Å². The zero-order valence-electron chi connectivity index (χ0n) is 21.8. The first kappa shape index (κ1) is 37.6. The normalized spacial score (nSPS) is 13.4. The van der Waals surface area contributed by atoms with Crippen LogP contribution in [0.5, 0.6) is 0 Å². The molecule has 0 aromatic heterocycles. The van der Waals surface area contributed by atoms with Crippen molar-refractivity contribution >= 4 is 7.82 Å². The van der Waals surface area contributed by atoms with E-state index in [1.807, 2.05) is 0 Å². The number of nitrogens with one attached hydrogen (secondary N) is 3. The van der Waals surface area contributed by atoms with Crippen molar-refractivity contribution in [3.05, 3.63) is 0 Å². The summed E-state index contributed by atoms with van der Waals surface area (Å²) in [6.07, 6.45) is -1.51. The first-order chi connectivity index (χ1) is 18.2. The van der Waals surface area contributed by atoms with Gasteiger partial charge in [0.15, 0.2) is 0 Å². The molecule has 0 saturated heterocycles. The first-order valence-corrected chi connectivity index (χ1v) is 14.1. The Morgan fingerprint density at radius 2 is 0.632 bits per heavy atom. The van der Waals surface area contributed by atoms with Crippen LogP contribution in [0.4, 0.5) is 0 Å². The molecule has 16 nitrogen and oxygen atoms in total. The highest BCUT2D eigenvalue weighted by Gasteiger charge is 2.50. The molecule has 0 bridgehead atoms. The standard InChI is InChI=1S/C21H48N3O13P/c25-10-1-19(2-11-26,22-7-16-31)35-38(34,36-20(3-12-27,4-13-28)23-8-17-32)37-21(5-14-29,6-15-30)24-9-18-33/h22-33H,1-18H2. The van der Waals surface area contributed by atoms with Crippen LogP contribution >= 0.6 is 7.82 Å². The summed E-state index contributed by atoms with van der Waals surface area (Å²) >= 11 is 0. The maximum Gasteiger partial charge on any atom is 0.480 e. The minimum Gasteiger partial charge on any atom is -0.396 e. The molecule has 12 N–H and O–H groups in total. The van der Waals surface area contributed by atoms with Crippen molar-refractivity contribution in [1.82, 2.24) is 16.0 Å². The zero-order chi connectivity index (χ0) is 29.0. The van der Waals surface area contributed by atoms with E-state index in [2.05, 4.69) is 16.0 Å². The van der Waals surface area contributed by atoms with Crippen molar-refractivity contribution in [2.24, 2.45) is 0 Å². The van der Waals surface area contributed by atoms with E-state index in [-0.39, 0.29) is 78.0 Å². The van der Waals surface area contributed by atoms with Crippen LogP contribution < -0.4 is 16.0 Å². The predicted molar refractivity (Wildman–Crippen MR) is 135 cm³/mol. The molecule has 0 rings (SSSR count). The Hall–Kier alpha value is -0.370. The summed E-state index contributed by atoms with van der Waals surface area (Å²) in [6.45, 7) is -4.57. The monoisotopic (exact) mass is 581 g/mol. The Morgan fingerprint density at radius 1 is 0.421 bits per heavy atom. The molecule has 0 heterocycles. The van der Waals surface area contributed by atoms with E-state index in [4.69, 9.17) is 13.6 Å². The van der Waals surface area contributed by atoms with Gasteiger partial charge in [0.1, 0.15) is 17.2 Å². The largest absolute Gasteiger partial charge is 0.480 e. The topological polar surface area (TPSA) is 263 Å². The minimum atomic E-state index is -4.98. The van der Waals surface area contributed by atoms with Gasteiger partial charge in [0.2, 0.25) is 0 Å². The van der Waals surface area contributed by atoms with Crippen LogP contribution in [0.1, 0.15) is 38.5 Å². The molecule has 230 valence electrons. The second-order valence-electron chi connectivity index (χ2n) is 8.50. The summed E-state index contributed by atoms with van der Waals surface area (Å²) in [5, 5.41) is 94.7. The second-order valence-corrected chi connectivity index (χ2v) is 9.94. The number of rotatable bonds is 27. The SMILES string of the molecule is O=P(OC(CCO)(CCO)NCCO)(OC(CCO)(CCO)NCCO)OC(CCO)(CCO)NCCO. The van der Waals surface area contributed by atoms with E-state index in [9.17, 15) is 50.5 Å². The van der Waals surface area contributed by atoms with Gasteiger partial charge >= 0.3 is 7.82 Å². The third kappa shape index (κ3) is 13.3. The lowest BCUT2D eigenvalue weighted by Crippen LogP contribution is -2.55. The summed E-state index contributed by atoms with van der Waals surface area (Å²) < 4.78 is 32.2. The average molecular weight is 582 g/mol. The van der Waals surface area contributed by atoms with Crippen molar-refractivity contribution in [2.75, 3.05) is 79.1 Å². The van der Waals surface area contributed by atoms with E-state index >= 15 is 0 Å². The minimum absolute atomic E-state index is 0.109. The predicted octanol–water partition coefficient (Wildman–Crippen LogP) is -3.73. The molecule has 0 fully saturated rings. The Balaban J connectivity index is 6.90. The fourth-order valence-corrected chi connectivity index (χ4v) is 6.05. The molecule has 0 aliphatic carbocycles. The first-order valence-electron chi connectivity index (χ1n) is 12.6. The Bertz CT molecular complexity index is 536. The fourth-order valence-electron chi connectivity index (χ4n) is 3.91. The maximum atomic E-state index is 14.5. The summed E-state index contributed by atoms with van der Waals surface area (Å²) in [6, 6.07) is 0. The highest BCUT2D eigenvalue weighted by molar-refractivity contribution is 7.48. The molecule has 0 spiro atoms. The van der Waals surface area contributed by atoms with Crippen LogP contribution in [0.15, 0.2) is 0 Å². The van der Waals surface area contributed by atoms with Crippen LogP contribution in [0.25, 0.3) is 0 Å². The van der Waals surface area contributed by atoms with Gasteiger partial charge in [0.25, 0.3) is 0 Å². The number of phosphoric acid groups is 1. The molecular formula is C21H48N3O13P. The molecule has 0 aromatic rings. The van der Waals surface area contributed by atoms with Gasteiger partial charge in [0.05, 0.1) is 19.8 Å². The highest BCUT2D eigenvalue weighted by atomic mass is 31.2. The van der Waals surface area contributed by atoms with Gasteiger partial charge in [0, 0.05) is 97.8 Å². The maximum absolute atomic E-state index is 14.5. The van der Waals surface area contributed by atoms with Gasteiger partial charge in [-0.1, -0.05) is 0 Å². The highest BCUT2D eigenvalue weighted by Crippen LogP contribution is 2.59. The molecule has 0 aromatic carbocycles. The zero-order valence-corrected chi connectivity index (χ0v) is 22.7. The Morgan fingerprint density at radius 3 is 0.789 bits per heavy atom. The Labute approximate surface area is 223 Å². The molecule has 0 saturated carbocycles. The third-order valence-corrected chi connectivity index (χ3v) is 7.35. The van der Waals surface area contributed by atoms with E-state index in [1.54, 1.807) is 0 Å². The van der Waals surface area contributed by atoms with E-state index in [0.29, 0.717) is 0 Å². The van der Waals surface area contributed by atoms with Crippen LogP contribution in [0, 0.1) is 0 Å². The molecular weight excluding hydrogens is 533 g/mol. The lowest BCUT2D eigenvalue weighted by Gasteiger charge is -2.44. The van der Waals surface area contributed by atoms with Gasteiger partial charge in [-0.3, -0.25) is 29.5 Å². The van der Waals surface area contributed by atoms with Crippen molar-refractivity contribution in [2.45, 2.75) is 55.7 Å². The summed E-state index contributed by atoms with van der Waals surface area (Å²) in [7, 11) is -4.98. The van der Waals surface area contributed by atoms with Crippen LogP contribution in [-0.4, -0.2) is 142 Å². The van der Waals surface area contributed by atoms with E-state index < -0.39 is 64.6 Å². The van der Waals surface area contributed by atoms with Crippen molar-refractivity contribution in [3.8, 4) is 0 Å². The third-order valence-electron chi connectivity index (χ3n) is 5.63. The molecule has 38 heavy (non-hydrogen) atoms. The number of aliphatic hydroxyl groups excluding tert-OH is 9. The molecule has 0 aliphatic heterocycles. The van der Waals surface area contributed by atoms with Crippen molar-refractivity contribution < 1.29 is 64.1 Å². The smallest absolute Gasteiger partial charge is 0.396 e. The molecule has 0 radical (unpaired) electrons. The van der Waals surface area contributed by atoms with Gasteiger partial charge < -0.3 is 46.0 Å². The van der Waals surface area contributed by atoms with Gasteiger partial charge in [-0.15, -0.1) is 0 Å². The molecule has 0 atom stereocenters. The summed E-state index contributed by atoms with van der Waals surface area (Å²) in [4.78, 5) is 0. The van der Waals surface area contributed by atoms with E-state index in [0.717, 1.165) is 0 Å². The second kappa shape index (κ2) is 20.5. The van der Waals surface area contributed by atoms with Gasteiger partial charge in [-0.05, 0) is 0 Å². The number of hydrogen-bond acceptors (Lipinski definition) is 16. The number of phosphoric ester groups is 1. The van der Waals surface area contributed by atoms with Crippen molar-refractivity contribution in [1.29, 1.82) is 0 Å². The van der Waals surface area contributed by atoms with Crippen LogP contribution in [-0.2, 0) is 18.1 Å². The average Bonchev–Trinajstić information content (AvgIpc) is 2.86. The fraction of sp³-hybridized carbons (Fsp3) is 1.00. The number of aliphatic hydroxyl groups is 9. The van der Waals surface area contributed by atoms with Gasteiger partial charge in [-0.25, -0.2) is 4.57 Å². The number of hydrogen-bond donors (Lipinski definition) is 12. The molecule has 0 amide bonds. The lowest BCUT2D eigenvalue weighted by atomic mass is 10.1. The Kier molecular flexibility index (Phi) is 20.3. The molecule has 0 aliphatic rings. The van der Waals surface area contributed by atoms with Crippen LogP contribution in [0.2, 0.25) is 0 Å². The molecule has 17 heteroatoms. The lowest BCUT2D eigenvalue weighted by molar-refractivity contribution is -0.119. The van der Waals surface area contributed by atoms with Crippen molar-refractivity contribution in [3.63, 3.8) is 0 Å². The summed E-state index contributed by atoms with van der Waals surface area (Å²) in [5.41, 5.74) is -5.32. The van der Waals surface area contributed by atoms with Gasteiger partial charge in [-0.2, -0.15) is 0 Å². The quantitative estimate of drug-likeness (QED) is 0.0328. The molecule has 0 unspecified atom stereocenters. The summed E-state index contributed by atoms with van der Waals surface area (Å²) in [5.74, 6) is 0. The van der Waals surface area contributed by atoms with E-state index in [1.165, 1.54) is 0 Å².